The molecule has 0 spiro atoms. The summed E-state index contributed by atoms with van der Waals surface area (Å²) >= 11 is 0. The van der Waals surface area contributed by atoms with Crippen molar-refractivity contribution in [3.63, 3.8) is 0 Å². The van der Waals surface area contributed by atoms with Crippen LogP contribution in [0.5, 0.6) is 0 Å². The summed E-state index contributed by atoms with van der Waals surface area (Å²) in [5.41, 5.74) is 5.63. The molecule has 0 rings (SSSR count). The third-order valence-electron chi connectivity index (χ3n) is 4.21. The molecule has 20 heavy (non-hydrogen) atoms. The molecule has 0 amide bonds. The first kappa shape index (κ1) is 19.9. The molecule has 0 aromatic carbocycles. The van der Waals surface area contributed by atoms with Gasteiger partial charge in [0.05, 0.1) is 6.10 Å². The second kappa shape index (κ2) is 15.3. The minimum Gasteiger partial charge on any atom is -0.392 e. The molecule has 122 valence electrons. The molecule has 0 aromatic heterocycles. The normalized spacial score (nSPS) is 14.4. The summed E-state index contributed by atoms with van der Waals surface area (Å²) in [6, 6.07) is -0.0765. The third-order valence-corrected chi connectivity index (χ3v) is 4.21. The average molecular weight is 286 g/mol. The van der Waals surface area contributed by atoms with Crippen molar-refractivity contribution in [2.45, 2.75) is 116 Å². The van der Waals surface area contributed by atoms with E-state index in [-0.39, 0.29) is 12.1 Å². The van der Waals surface area contributed by atoms with Gasteiger partial charge in [-0.05, 0) is 13.3 Å². The van der Waals surface area contributed by atoms with Gasteiger partial charge < -0.3 is 10.8 Å². The van der Waals surface area contributed by atoms with E-state index in [2.05, 4.69) is 6.92 Å². The van der Waals surface area contributed by atoms with E-state index in [4.69, 9.17) is 5.73 Å². The zero-order valence-electron chi connectivity index (χ0n) is 14.1. The summed E-state index contributed by atoms with van der Waals surface area (Å²) in [4.78, 5) is 0. The fourth-order valence-electron chi connectivity index (χ4n) is 2.63. The summed E-state index contributed by atoms with van der Waals surface area (Å²) in [5.74, 6) is 0. The molecule has 1 unspecified atom stereocenters. The summed E-state index contributed by atoms with van der Waals surface area (Å²) in [7, 11) is 0. The predicted octanol–water partition coefficient (Wildman–Crippen LogP) is 5.18. The maximum absolute atomic E-state index is 9.58. The standard InChI is InChI=1S/C18H39NO/c1-3-4-5-6-7-8-9-10-11-12-13-14-15-16-18(20)17(2)19/h17-18,20H,3-16,19H2,1-2H3/t17?,18-/m1/s1. The van der Waals surface area contributed by atoms with Crippen LogP contribution in [0.3, 0.4) is 0 Å². The van der Waals surface area contributed by atoms with E-state index in [1.807, 2.05) is 6.92 Å². The van der Waals surface area contributed by atoms with Crippen molar-refractivity contribution in [1.82, 2.24) is 0 Å². The van der Waals surface area contributed by atoms with Crippen LogP contribution < -0.4 is 5.73 Å². The van der Waals surface area contributed by atoms with E-state index in [9.17, 15) is 5.11 Å². The number of unbranched alkanes of at least 4 members (excludes halogenated alkanes) is 12. The van der Waals surface area contributed by atoms with Gasteiger partial charge in [0.1, 0.15) is 0 Å². The second-order valence-electron chi connectivity index (χ2n) is 6.46. The summed E-state index contributed by atoms with van der Waals surface area (Å²) in [6.45, 7) is 4.16. The highest BCUT2D eigenvalue weighted by atomic mass is 16.3. The first-order chi connectivity index (χ1) is 9.68. The van der Waals surface area contributed by atoms with E-state index in [0.717, 1.165) is 12.8 Å². The Morgan fingerprint density at radius 2 is 1.05 bits per heavy atom. The average Bonchev–Trinajstić information content (AvgIpc) is 2.43. The van der Waals surface area contributed by atoms with Gasteiger partial charge in [0.15, 0.2) is 0 Å². The Morgan fingerprint density at radius 3 is 1.40 bits per heavy atom. The molecule has 0 saturated heterocycles. The lowest BCUT2D eigenvalue weighted by Crippen LogP contribution is -2.31. The predicted molar refractivity (Wildman–Crippen MR) is 90.0 cm³/mol. The lowest BCUT2D eigenvalue weighted by Gasteiger charge is -2.13. The Kier molecular flexibility index (Phi) is 15.3. The van der Waals surface area contributed by atoms with Crippen LogP contribution in [-0.4, -0.2) is 17.3 Å². The monoisotopic (exact) mass is 285 g/mol. The highest BCUT2D eigenvalue weighted by molar-refractivity contribution is 4.65. The van der Waals surface area contributed by atoms with Crippen molar-refractivity contribution in [3.8, 4) is 0 Å². The van der Waals surface area contributed by atoms with Crippen molar-refractivity contribution in [1.29, 1.82) is 0 Å². The summed E-state index contributed by atoms with van der Waals surface area (Å²) < 4.78 is 0. The van der Waals surface area contributed by atoms with Gasteiger partial charge in [-0.25, -0.2) is 0 Å². The summed E-state index contributed by atoms with van der Waals surface area (Å²) in [6.07, 6.45) is 18.4. The van der Waals surface area contributed by atoms with Crippen molar-refractivity contribution in [2.75, 3.05) is 0 Å². The molecular weight excluding hydrogens is 246 g/mol. The van der Waals surface area contributed by atoms with Crippen LogP contribution in [0.4, 0.5) is 0 Å². The van der Waals surface area contributed by atoms with Gasteiger partial charge in [-0.1, -0.05) is 90.4 Å². The van der Waals surface area contributed by atoms with E-state index in [0.29, 0.717) is 0 Å². The van der Waals surface area contributed by atoms with Gasteiger partial charge in [0.2, 0.25) is 0 Å². The molecule has 2 heteroatoms. The Bertz CT molecular complexity index is 182. The third kappa shape index (κ3) is 14.3. The minimum absolute atomic E-state index is 0.0765. The Balaban J connectivity index is 3.03. The number of nitrogens with two attached hydrogens (primary N) is 1. The first-order valence-corrected chi connectivity index (χ1v) is 9.12. The molecular formula is C18H39NO. The van der Waals surface area contributed by atoms with Crippen LogP contribution in [-0.2, 0) is 0 Å². The fraction of sp³-hybridized carbons (Fsp3) is 1.00. The molecule has 0 aliphatic heterocycles. The van der Waals surface area contributed by atoms with Gasteiger partial charge in [-0.2, -0.15) is 0 Å². The highest BCUT2D eigenvalue weighted by Crippen LogP contribution is 2.13. The van der Waals surface area contributed by atoms with Crippen LogP contribution in [0.15, 0.2) is 0 Å². The molecule has 3 N–H and O–H groups in total. The molecule has 0 aliphatic carbocycles. The maximum Gasteiger partial charge on any atom is 0.0688 e. The molecule has 2 nitrogen and oxygen atoms in total. The maximum atomic E-state index is 9.58. The Labute approximate surface area is 127 Å². The fourth-order valence-corrected chi connectivity index (χ4v) is 2.63. The van der Waals surface area contributed by atoms with E-state index in [1.54, 1.807) is 0 Å². The minimum atomic E-state index is -0.303. The topological polar surface area (TPSA) is 46.2 Å². The Morgan fingerprint density at radius 1 is 0.700 bits per heavy atom. The lowest BCUT2D eigenvalue weighted by molar-refractivity contribution is 0.138. The number of aliphatic hydroxyl groups is 1. The molecule has 0 aromatic rings. The Hall–Kier alpha value is -0.0800. The summed E-state index contributed by atoms with van der Waals surface area (Å²) in [5, 5.41) is 9.58. The van der Waals surface area contributed by atoms with Gasteiger partial charge in [-0.3, -0.25) is 0 Å². The first-order valence-electron chi connectivity index (χ1n) is 9.12. The van der Waals surface area contributed by atoms with Crippen LogP contribution in [0.25, 0.3) is 0 Å². The van der Waals surface area contributed by atoms with E-state index in [1.165, 1.54) is 77.0 Å². The van der Waals surface area contributed by atoms with Crippen LogP contribution in [0.1, 0.15) is 104 Å². The molecule has 0 saturated carbocycles. The van der Waals surface area contributed by atoms with Crippen molar-refractivity contribution in [3.05, 3.63) is 0 Å². The molecule has 0 fully saturated rings. The zero-order chi connectivity index (χ0) is 15.1. The molecule has 0 heterocycles. The zero-order valence-corrected chi connectivity index (χ0v) is 14.1. The molecule has 2 atom stereocenters. The van der Waals surface area contributed by atoms with Crippen LogP contribution in [0, 0.1) is 0 Å². The smallest absolute Gasteiger partial charge is 0.0688 e. The van der Waals surface area contributed by atoms with E-state index < -0.39 is 0 Å². The number of rotatable bonds is 15. The van der Waals surface area contributed by atoms with Crippen LogP contribution in [0.2, 0.25) is 0 Å². The molecule has 0 aliphatic rings. The molecule has 0 bridgehead atoms. The van der Waals surface area contributed by atoms with Crippen LogP contribution >= 0.6 is 0 Å². The SMILES string of the molecule is CCCCCCCCCCCCCCC[C@@H](O)C(C)N. The van der Waals surface area contributed by atoms with Gasteiger partial charge in [0, 0.05) is 6.04 Å². The van der Waals surface area contributed by atoms with Gasteiger partial charge in [0.25, 0.3) is 0 Å². The van der Waals surface area contributed by atoms with Crippen molar-refractivity contribution in [2.24, 2.45) is 5.73 Å². The van der Waals surface area contributed by atoms with Gasteiger partial charge >= 0.3 is 0 Å². The largest absolute Gasteiger partial charge is 0.392 e. The number of hydrogen-bond donors (Lipinski definition) is 2. The highest BCUT2D eigenvalue weighted by Gasteiger charge is 2.07. The molecule has 0 radical (unpaired) electrons. The number of aliphatic hydroxyl groups excluding tert-OH is 1. The van der Waals surface area contributed by atoms with Crippen molar-refractivity contribution >= 4 is 0 Å². The van der Waals surface area contributed by atoms with E-state index >= 15 is 0 Å². The van der Waals surface area contributed by atoms with Crippen molar-refractivity contribution < 1.29 is 5.11 Å². The second-order valence-corrected chi connectivity index (χ2v) is 6.46. The quantitative estimate of drug-likeness (QED) is 0.407. The number of hydrogen-bond acceptors (Lipinski definition) is 2. The van der Waals surface area contributed by atoms with Gasteiger partial charge in [-0.15, -0.1) is 0 Å². The lowest BCUT2D eigenvalue weighted by atomic mass is 10.0.